The molecule has 39 heavy (non-hydrogen) atoms. The minimum atomic E-state index is 0.984. The van der Waals surface area contributed by atoms with Crippen LogP contribution in [-0.2, 0) is 19.3 Å². The van der Waals surface area contributed by atoms with Crippen molar-refractivity contribution in [2.75, 3.05) is 0 Å². The zero-order chi connectivity index (χ0) is 28.8. The molecule has 0 bridgehead atoms. The Kier molecular flexibility index (Phi) is 8.27. The average molecular weight is 517 g/mol. The molecule has 0 spiro atoms. The molecule has 0 aliphatic carbocycles. The van der Waals surface area contributed by atoms with Crippen LogP contribution in [0.1, 0.15) is 100 Å². The molecule has 0 nitrogen and oxygen atoms in total. The summed E-state index contributed by atoms with van der Waals surface area (Å²) in [7, 11) is 0. The molecule has 0 heteroatoms. The molecule has 204 valence electrons. The summed E-state index contributed by atoms with van der Waals surface area (Å²) in [6, 6.07) is 14.4. The smallest absolute Gasteiger partial charge is 0.00201 e. The van der Waals surface area contributed by atoms with E-state index in [2.05, 4.69) is 119 Å². The van der Waals surface area contributed by atoms with Crippen molar-refractivity contribution in [1.29, 1.82) is 0 Å². The third kappa shape index (κ3) is 5.76. The summed E-state index contributed by atoms with van der Waals surface area (Å²) in [5, 5.41) is 0. The third-order valence-electron chi connectivity index (χ3n) is 9.82. The Morgan fingerprint density at radius 3 is 0.641 bits per heavy atom. The summed E-state index contributed by atoms with van der Waals surface area (Å²) in [4.78, 5) is 0. The second-order valence-corrected chi connectivity index (χ2v) is 12.4. The summed E-state index contributed by atoms with van der Waals surface area (Å²) in [5.41, 5.74) is 25.8. The first kappa shape index (κ1) is 28.9. The molecule has 0 fully saturated rings. The largest absolute Gasteiger partial charge is 0.0555 e. The molecule has 0 heterocycles. The van der Waals surface area contributed by atoms with Gasteiger partial charge in [0.2, 0.25) is 0 Å². The molecule has 4 aromatic carbocycles. The van der Waals surface area contributed by atoms with Gasteiger partial charge >= 0.3 is 0 Å². The Labute approximate surface area is 238 Å². The molecule has 0 radical (unpaired) electrons. The van der Waals surface area contributed by atoms with Crippen LogP contribution in [0.25, 0.3) is 0 Å². The number of rotatable bonds is 6. The molecule has 0 amide bonds. The fourth-order valence-corrected chi connectivity index (χ4v) is 6.48. The molecule has 0 unspecified atom stereocenters. The van der Waals surface area contributed by atoms with Gasteiger partial charge in [-0.05, 0) is 202 Å². The molecule has 0 aliphatic rings. The maximum Gasteiger partial charge on any atom is -0.00201 e. The van der Waals surface area contributed by atoms with Gasteiger partial charge < -0.3 is 0 Å². The van der Waals surface area contributed by atoms with Crippen molar-refractivity contribution < 1.29 is 0 Å². The van der Waals surface area contributed by atoms with Crippen LogP contribution in [0.2, 0.25) is 0 Å². The van der Waals surface area contributed by atoms with E-state index in [9.17, 15) is 0 Å². The van der Waals surface area contributed by atoms with E-state index in [0.717, 1.165) is 19.3 Å². The van der Waals surface area contributed by atoms with Crippen LogP contribution >= 0.6 is 0 Å². The van der Waals surface area contributed by atoms with Crippen molar-refractivity contribution in [1.82, 2.24) is 0 Å². The Morgan fingerprint density at radius 1 is 0.282 bits per heavy atom. The van der Waals surface area contributed by atoms with Crippen molar-refractivity contribution >= 4 is 0 Å². The first-order chi connectivity index (χ1) is 18.3. The van der Waals surface area contributed by atoms with Gasteiger partial charge in [-0.3, -0.25) is 0 Å². The predicted octanol–water partition coefficient (Wildman–Crippen LogP) is 10.2. The van der Waals surface area contributed by atoms with Crippen molar-refractivity contribution in [3.63, 3.8) is 0 Å². The zero-order valence-corrected chi connectivity index (χ0v) is 26.6. The first-order valence-electron chi connectivity index (χ1n) is 14.6. The van der Waals surface area contributed by atoms with Crippen LogP contribution in [0.4, 0.5) is 0 Å². The topological polar surface area (TPSA) is 0 Å². The number of hydrogen-bond donors (Lipinski definition) is 0. The molecule has 0 aromatic heterocycles. The van der Waals surface area contributed by atoms with Gasteiger partial charge in [-0.15, -0.1) is 0 Å². The second kappa shape index (κ2) is 11.2. The first-order valence-corrected chi connectivity index (χ1v) is 14.6. The van der Waals surface area contributed by atoms with Crippen LogP contribution < -0.4 is 0 Å². The van der Waals surface area contributed by atoms with Crippen LogP contribution in [0.3, 0.4) is 0 Å². The number of aryl methyl sites for hydroxylation is 6. The molecular weight excluding hydrogens is 468 g/mol. The number of hydrogen-bond acceptors (Lipinski definition) is 0. The van der Waals surface area contributed by atoms with Crippen molar-refractivity contribution in [2.45, 2.75) is 102 Å². The Bertz CT molecular complexity index is 1300. The van der Waals surface area contributed by atoms with Crippen LogP contribution in [0.15, 0.2) is 36.4 Å². The summed E-state index contributed by atoms with van der Waals surface area (Å²) in [5.74, 6) is 0. The lowest BCUT2D eigenvalue weighted by atomic mass is 9.81. The normalized spacial score (nSPS) is 11.4. The van der Waals surface area contributed by atoms with Gasteiger partial charge in [-0.2, -0.15) is 0 Å². The van der Waals surface area contributed by atoms with E-state index in [1.165, 1.54) is 100 Å². The van der Waals surface area contributed by atoms with Gasteiger partial charge in [0.1, 0.15) is 0 Å². The fourth-order valence-electron chi connectivity index (χ4n) is 6.48. The monoisotopic (exact) mass is 516 g/mol. The maximum absolute atomic E-state index is 2.40. The van der Waals surface area contributed by atoms with E-state index < -0.39 is 0 Å². The van der Waals surface area contributed by atoms with Crippen LogP contribution in [-0.4, -0.2) is 0 Å². The van der Waals surface area contributed by atoms with Crippen molar-refractivity contribution in [3.05, 3.63) is 137 Å². The lowest BCUT2D eigenvalue weighted by Gasteiger charge is -2.24. The molecule has 0 aliphatic heterocycles. The molecule has 0 atom stereocenters. The summed E-state index contributed by atoms with van der Waals surface area (Å²) in [6.07, 6.45) is 2.95. The summed E-state index contributed by atoms with van der Waals surface area (Å²) < 4.78 is 0. The highest BCUT2D eigenvalue weighted by Gasteiger charge is 2.19. The van der Waals surface area contributed by atoms with Crippen LogP contribution in [0.5, 0.6) is 0 Å². The van der Waals surface area contributed by atoms with E-state index >= 15 is 0 Å². The summed E-state index contributed by atoms with van der Waals surface area (Å²) in [6.45, 7) is 27.3. The summed E-state index contributed by atoms with van der Waals surface area (Å²) >= 11 is 0. The molecule has 0 N–H and O–H groups in total. The molecular formula is C39H48. The molecule has 0 saturated carbocycles. The highest BCUT2D eigenvalue weighted by molar-refractivity contribution is 5.56. The third-order valence-corrected chi connectivity index (χ3v) is 9.82. The zero-order valence-electron chi connectivity index (χ0n) is 26.6. The predicted molar refractivity (Wildman–Crippen MR) is 171 cm³/mol. The van der Waals surface area contributed by atoms with Crippen LogP contribution in [0, 0.1) is 83.1 Å². The van der Waals surface area contributed by atoms with Crippen molar-refractivity contribution in [2.24, 2.45) is 0 Å². The highest BCUT2D eigenvalue weighted by atomic mass is 14.2. The maximum atomic E-state index is 2.40. The van der Waals surface area contributed by atoms with Gasteiger partial charge in [-0.25, -0.2) is 0 Å². The molecule has 4 rings (SSSR count). The van der Waals surface area contributed by atoms with Gasteiger partial charge in [-0.1, -0.05) is 36.4 Å². The van der Waals surface area contributed by atoms with E-state index in [4.69, 9.17) is 0 Å². The van der Waals surface area contributed by atoms with Gasteiger partial charge in [0, 0.05) is 0 Å². The van der Waals surface area contributed by atoms with E-state index in [1.807, 2.05) is 0 Å². The second-order valence-electron chi connectivity index (χ2n) is 12.4. The minimum Gasteiger partial charge on any atom is -0.0555 e. The van der Waals surface area contributed by atoms with E-state index in [-0.39, 0.29) is 0 Å². The molecule has 4 aromatic rings. The lowest BCUT2D eigenvalue weighted by molar-refractivity contribution is 0.990. The Morgan fingerprint density at radius 2 is 0.462 bits per heavy atom. The standard InChI is InChI=1S/C39H48/c1-22-13-34(14-23(2)28(22)7)19-37-31(10)38(20-35-15-24(3)29(8)25(4)16-35)33(12)39(32(37)11)21-36-17-26(5)30(9)27(6)18-36/h13-18H,19-21H2,1-12H3. The molecule has 0 saturated heterocycles. The van der Waals surface area contributed by atoms with Gasteiger partial charge in [0.05, 0.1) is 0 Å². The SMILES string of the molecule is Cc1cc(Cc2c(C)c(Cc3cc(C)c(C)c(C)c3)c(C)c(Cc3cc(C)c(C)c(C)c3)c2C)cc(C)c1C. The quantitative estimate of drug-likeness (QED) is 0.239. The number of benzene rings is 4. The fraction of sp³-hybridized carbons (Fsp3) is 0.385. The Balaban J connectivity index is 1.90. The van der Waals surface area contributed by atoms with Gasteiger partial charge in [0.25, 0.3) is 0 Å². The Hall–Kier alpha value is -3.12. The van der Waals surface area contributed by atoms with E-state index in [0.29, 0.717) is 0 Å². The minimum absolute atomic E-state index is 0.984. The highest BCUT2D eigenvalue weighted by Crippen LogP contribution is 2.34. The average Bonchev–Trinajstić information content (AvgIpc) is 2.87. The van der Waals surface area contributed by atoms with E-state index in [1.54, 1.807) is 0 Å². The van der Waals surface area contributed by atoms with Crippen molar-refractivity contribution in [3.8, 4) is 0 Å². The van der Waals surface area contributed by atoms with Gasteiger partial charge in [0.15, 0.2) is 0 Å². The lowest BCUT2D eigenvalue weighted by Crippen LogP contribution is -2.10.